The number of benzene rings is 1. The van der Waals surface area contributed by atoms with Crippen LogP contribution in [-0.2, 0) is 4.79 Å². The zero-order valence-electron chi connectivity index (χ0n) is 11.7. The summed E-state index contributed by atoms with van der Waals surface area (Å²) in [4.78, 5) is 25.2. The summed E-state index contributed by atoms with van der Waals surface area (Å²) in [5.74, 6) is -0.391. The number of nitrogens with one attached hydrogen (secondary N) is 1. The highest BCUT2D eigenvalue weighted by atomic mass is 35.5. The van der Waals surface area contributed by atoms with E-state index in [1.54, 1.807) is 31.3 Å². The molecule has 0 aromatic heterocycles. The zero-order valence-corrected chi connectivity index (χ0v) is 12.4. The Morgan fingerprint density at radius 2 is 1.74 bits per heavy atom. The monoisotopic (exact) mass is 282 g/mol. The summed E-state index contributed by atoms with van der Waals surface area (Å²) in [7, 11) is 1.60. The Balaban J connectivity index is 2.63. The van der Waals surface area contributed by atoms with Gasteiger partial charge in [0.2, 0.25) is 5.91 Å². The second-order valence-electron chi connectivity index (χ2n) is 5.47. The number of amides is 2. The number of hydrogen-bond acceptors (Lipinski definition) is 2. The fourth-order valence-corrected chi connectivity index (χ4v) is 1.68. The number of halogens is 1. The summed E-state index contributed by atoms with van der Waals surface area (Å²) in [5, 5.41) is 3.39. The normalized spacial score (nSPS) is 11.0. The largest absolute Gasteiger partial charge is 0.350 e. The minimum Gasteiger partial charge on any atom is -0.350 e. The molecule has 0 saturated carbocycles. The molecule has 0 saturated heterocycles. The molecule has 0 aliphatic heterocycles. The Labute approximate surface area is 118 Å². The minimum atomic E-state index is -0.304. The van der Waals surface area contributed by atoms with E-state index in [4.69, 9.17) is 11.6 Å². The van der Waals surface area contributed by atoms with Crippen LogP contribution in [0.25, 0.3) is 0 Å². The third kappa shape index (κ3) is 5.30. The average Bonchev–Trinajstić information content (AvgIpc) is 2.26. The Bertz CT molecular complexity index is 463. The smallest absolute Gasteiger partial charge is 0.254 e. The van der Waals surface area contributed by atoms with Crippen molar-refractivity contribution in [2.24, 2.45) is 0 Å². The molecule has 5 heteroatoms. The highest BCUT2D eigenvalue weighted by molar-refractivity contribution is 6.30. The molecule has 1 N–H and O–H groups in total. The fourth-order valence-electron chi connectivity index (χ4n) is 1.56. The van der Waals surface area contributed by atoms with Gasteiger partial charge in [-0.2, -0.15) is 0 Å². The van der Waals surface area contributed by atoms with Crippen LogP contribution in [0.3, 0.4) is 0 Å². The van der Waals surface area contributed by atoms with Gasteiger partial charge >= 0.3 is 0 Å². The Morgan fingerprint density at radius 1 is 1.21 bits per heavy atom. The molecular formula is C14H19ClN2O2. The molecule has 0 unspecified atom stereocenters. The predicted molar refractivity (Wildman–Crippen MR) is 76.3 cm³/mol. The highest BCUT2D eigenvalue weighted by Gasteiger charge is 2.18. The first-order valence-corrected chi connectivity index (χ1v) is 6.39. The molecule has 0 heterocycles. The molecular weight excluding hydrogens is 264 g/mol. The molecule has 0 aliphatic carbocycles. The topological polar surface area (TPSA) is 49.4 Å². The van der Waals surface area contributed by atoms with Gasteiger partial charge < -0.3 is 10.2 Å². The fraction of sp³-hybridized carbons (Fsp3) is 0.429. The van der Waals surface area contributed by atoms with Crippen LogP contribution in [0.4, 0.5) is 0 Å². The molecule has 4 nitrogen and oxygen atoms in total. The van der Waals surface area contributed by atoms with Gasteiger partial charge in [-0.25, -0.2) is 0 Å². The average molecular weight is 283 g/mol. The lowest BCUT2D eigenvalue weighted by Crippen LogP contribution is -2.46. The van der Waals surface area contributed by atoms with Gasteiger partial charge in [-0.3, -0.25) is 9.59 Å². The number of likely N-dealkylation sites (N-methyl/N-ethyl adjacent to an activating group) is 1. The second kappa shape index (κ2) is 6.06. The van der Waals surface area contributed by atoms with Crippen molar-refractivity contribution in [2.75, 3.05) is 13.6 Å². The number of rotatable bonds is 3. The number of carbonyl (C=O) groups excluding carboxylic acids is 2. The van der Waals surface area contributed by atoms with Gasteiger partial charge in [0.05, 0.1) is 6.54 Å². The van der Waals surface area contributed by atoms with Crippen LogP contribution in [0.1, 0.15) is 31.1 Å². The second-order valence-corrected chi connectivity index (χ2v) is 5.90. The summed E-state index contributed by atoms with van der Waals surface area (Å²) in [6, 6.07) is 6.58. The van der Waals surface area contributed by atoms with E-state index in [1.165, 1.54) is 4.90 Å². The van der Waals surface area contributed by atoms with E-state index in [0.29, 0.717) is 10.6 Å². The molecule has 0 aliphatic rings. The lowest BCUT2D eigenvalue weighted by Gasteiger charge is -2.23. The maximum absolute atomic E-state index is 12.1. The summed E-state index contributed by atoms with van der Waals surface area (Å²) < 4.78 is 0. The summed E-state index contributed by atoms with van der Waals surface area (Å²) in [6.07, 6.45) is 0. The number of carbonyl (C=O) groups is 2. The first-order valence-electron chi connectivity index (χ1n) is 6.01. The quantitative estimate of drug-likeness (QED) is 0.925. The third-order valence-corrected chi connectivity index (χ3v) is 2.59. The van der Waals surface area contributed by atoms with Crippen molar-refractivity contribution in [3.63, 3.8) is 0 Å². The van der Waals surface area contributed by atoms with Crippen molar-refractivity contribution < 1.29 is 9.59 Å². The van der Waals surface area contributed by atoms with Crippen molar-refractivity contribution in [1.82, 2.24) is 10.2 Å². The van der Waals surface area contributed by atoms with Gasteiger partial charge in [-0.05, 0) is 45.0 Å². The lowest BCUT2D eigenvalue weighted by atomic mass is 10.1. The van der Waals surface area contributed by atoms with Gasteiger partial charge in [0, 0.05) is 23.2 Å². The maximum atomic E-state index is 12.1. The maximum Gasteiger partial charge on any atom is 0.254 e. The van der Waals surface area contributed by atoms with E-state index >= 15 is 0 Å². The van der Waals surface area contributed by atoms with Gasteiger partial charge in [-0.1, -0.05) is 11.6 Å². The summed E-state index contributed by atoms with van der Waals surface area (Å²) in [5.41, 5.74) is 0.205. The lowest BCUT2D eigenvalue weighted by molar-refractivity contribution is -0.122. The molecule has 1 aromatic rings. The zero-order chi connectivity index (χ0) is 14.6. The van der Waals surface area contributed by atoms with Crippen LogP contribution in [0, 0.1) is 0 Å². The van der Waals surface area contributed by atoms with Crippen LogP contribution in [0.15, 0.2) is 24.3 Å². The van der Waals surface area contributed by atoms with Gasteiger partial charge in [0.25, 0.3) is 5.91 Å². The Kier molecular flexibility index (Phi) is 4.95. The molecule has 1 aromatic carbocycles. The molecule has 0 spiro atoms. The van der Waals surface area contributed by atoms with Gasteiger partial charge in [-0.15, -0.1) is 0 Å². The van der Waals surface area contributed by atoms with Crippen LogP contribution in [-0.4, -0.2) is 35.8 Å². The van der Waals surface area contributed by atoms with E-state index in [-0.39, 0.29) is 23.9 Å². The molecule has 104 valence electrons. The molecule has 19 heavy (non-hydrogen) atoms. The number of nitrogens with zero attached hydrogens (tertiary/aromatic N) is 1. The first-order chi connectivity index (χ1) is 8.69. The van der Waals surface area contributed by atoms with E-state index in [9.17, 15) is 9.59 Å². The summed E-state index contributed by atoms with van der Waals surface area (Å²) in [6.45, 7) is 5.71. The Hall–Kier alpha value is -1.55. The van der Waals surface area contributed by atoms with E-state index in [1.807, 2.05) is 20.8 Å². The van der Waals surface area contributed by atoms with Crippen LogP contribution in [0.5, 0.6) is 0 Å². The van der Waals surface area contributed by atoms with Gasteiger partial charge in [0.15, 0.2) is 0 Å². The van der Waals surface area contributed by atoms with Crippen LogP contribution >= 0.6 is 11.6 Å². The van der Waals surface area contributed by atoms with Crippen LogP contribution in [0.2, 0.25) is 5.02 Å². The predicted octanol–water partition coefficient (Wildman–Crippen LogP) is 2.33. The van der Waals surface area contributed by atoms with Gasteiger partial charge in [0.1, 0.15) is 0 Å². The van der Waals surface area contributed by atoms with E-state index in [0.717, 1.165) is 0 Å². The Morgan fingerprint density at radius 3 is 2.21 bits per heavy atom. The summed E-state index contributed by atoms with van der Waals surface area (Å²) >= 11 is 5.76. The molecule has 0 atom stereocenters. The molecule has 1 rings (SSSR count). The molecule has 0 radical (unpaired) electrons. The van der Waals surface area contributed by atoms with Crippen LogP contribution < -0.4 is 5.32 Å². The van der Waals surface area contributed by atoms with Crippen molar-refractivity contribution in [2.45, 2.75) is 26.3 Å². The van der Waals surface area contributed by atoms with Crippen molar-refractivity contribution in [3.8, 4) is 0 Å². The number of hydrogen-bond donors (Lipinski definition) is 1. The van der Waals surface area contributed by atoms with E-state index in [2.05, 4.69) is 5.32 Å². The SMILES string of the molecule is CN(CC(=O)NC(C)(C)C)C(=O)c1ccc(Cl)cc1. The van der Waals surface area contributed by atoms with Crippen molar-refractivity contribution >= 4 is 23.4 Å². The molecule has 0 bridgehead atoms. The van der Waals surface area contributed by atoms with Crippen molar-refractivity contribution in [1.29, 1.82) is 0 Å². The van der Waals surface area contributed by atoms with E-state index < -0.39 is 0 Å². The molecule has 0 fully saturated rings. The standard InChI is InChI=1S/C14H19ClN2O2/c1-14(2,3)16-12(18)9-17(4)13(19)10-5-7-11(15)8-6-10/h5-8H,9H2,1-4H3,(H,16,18). The first kappa shape index (κ1) is 15.5. The molecule has 2 amide bonds. The highest BCUT2D eigenvalue weighted by Crippen LogP contribution is 2.11. The minimum absolute atomic E-state index is 0.0265. The third-order valence-electron chi connectivity index (χ3n) is 2.33. The van der Waals surface area contributed by atoms with Crippen molar-refractivity contribution in [3.05, 3.63) is 34.9 Å².